The van der Waals surface area contributed by atoms with Gasteiger partial charge in [0.25, 0.3) is 0 Å². The third-order valence-electron chi connectivity index (χ3n) is 5.43. The normalized spacial score (nSPS) is 20.6. The molecule has 27 heavy (non-hydrogen) atoms. The summed E-state index contributed by atoms with van der Waals surface area (Å²) in [5.74, 6) is 1.67. The molecule has 2 aromatic heterocycles. The average molecular weight is 384 g/mol. The first-order valence-electron chi connectivity index (χ1n) is 9.52. The van der Waals surface area contributed by atoms with E-state index in [1.54, 1.807) is 4.52 Å². The van der Waals surface area contributed by atoms with Crippen LogP contribution in [0.3, 0.4) is 0 Å². The SMILES string of the molecule is Clc1cc2cc(c1)-c1cnn3ccc(nc13)NC[C@H]1CCCN1CCCO2. The van der Waals surface area contributed by atoms with Gasteiger partial charge in [-0.2, -0.15) is 5.10 Å². The van der Waals surface area contributed by atoms with Crippen molar-refractivity contribution in [3.8, 4) is 16.9 Å². The molecule has 1 saturated heterocycles. The maximum atomic E-state index is 6.35. The van der Waals surface area contributed by atoms with E-state index in [0.717, 1.165) is 54.4 Å². The highest BCUT2D eigenvalue weighted by Gasteiger charge is 2.24. The maximum Gasteiger partial charge on any atom is 0.165 e. The second-order valence-corrected chi connectivity index (χ2v) is 7.67. The fourth-order valence-corrected chi connectivity index (χ4v) is 4.30. The lowest BCUT2D eigenvalue weighted by Crippen LogP contribution is -2.36. The molecule has 5 rings (SSSR count). The summed E-state index contributed by atoms with van der Waals surface area (Å²) in [5, 5.41) is 8.62. The number of nitrogens with zero attached hydrogens (tertiary/aromatic N) is 4. The minimum absolute atomic E-state index is 0.549. The summed E-state index contributed by atoms with van der Waals surface area (Å²) in [5.41, 5.74) is 2.72. The van der Waals surface area contributed by atoms with Crippen LogP contribution in [-0.2, 0) is 0 Å². The largest absolute Gasteiger partial charge is 0.493 e. The van der Waals surface area contributed by atoms with Crippen molar-refractivity contribution in [1.82, 2.24) is 19.5 Å². The second-order valence-electron chi connectivity index (χ2n) is 7.23. The topological polar surface area (TPSA) is 54.7 Å². The Balaban J connectivity index is 1.57. The first-order valence-corrected chi connectivity index (χ1v) is 9.90. The Kier molecular flexibility index (Phi) is 4.38. The van der Waals surface area contributed by atoms with Crippen molar-refractivity contribution in [2.75, 3.05) is 31.6 Å². The van der Waals surface area contributed by atoms with Gasteiger partial charge in [0, 0.05) is 35.9 Å². The second kappa shape index (κ2) is 7.02. The summed E-state index contributed by atoms with van der Waals surface area (Å²) in [4.78, 5) is 7.37. The van der Waals surface area contributed by atoms with Crippen molar-refractivity contribution < 1.29 is 4.74 Å². The first-order chi connectivity index (χ1) is 13.3. The fraction of sp³-hybridized carbons (Fsp3) is 0.400. The number of fused-ring (bicyclic) bond motifs is 5. The van der Waals surface area contributed by atoms with E-state index in [4.69, 9.17) is 21.3 Å². The van der Waals surface area contributed by atoms with Crippen LogP contribution in [0.15, 0.2) is 36.7 Å². The summed E-state index contributed by atoms with van der Waals surface area (Å²) < 4.78 is 7.80. The summed E-state index contributed by atoms with van der Waals surface area (Å²) in [6.45, 7) is 3.81. The van der Waals surface area contributed by atoms with Gasteiger partial charge in [0.15, 0.2) is 5.65 Å². The van der Waals surface area contributed by atoms with Gasteiger partial charge >= 0.3 is 0 Å². The zero-order valence-corrected chi connectivity index (χ0v) is 15.8. The molecule has 2 aliphatic rings. The molecule has 1 fully saturated rings. The molecule has 4 heterocycles. The predicted octanol–water partition coefficient (Wildman–Crippen LogP) is 3.71. The molecule has 0 amide bonds. The Hall–Kier alpha value is -2.31. The van der Waals surface area contributed by atoms with Crippen LogP contribution in [0, 0.1) is 0 Å². The van der Waals surface area contributed by atoms with Crippen LogP contribution in [0.4, 0.5) is 5.82 Å². The first kappa shape index (κ1) is 16.8. The molecule has 3 aromatic rings. The summed E-state index contributed by atoms with van der Waals surface area (Å²) in [7, 11) is 0. The van der Waals surface area contributed by atoms with Crippen molar-refractivity contribution in [1.29, 1.82) is 0 Å². The molecule has 0 spiro atoms. The van der Waals surface area contributed by atoms with Crippen molar-refractivity contribution in [2.45, 2.75) is 25.3 Å². The maximum absolute atomic E-state index is 6.35. The van der Waals surface area contributed by atoms with Gasteiger partial charge < -0.3 is 10.1 Å². The number of anilines is 1. The van der Waals surface area contributed by atoms with E-state index in [2.05, 4.69) is 15.3 Å². The molecule has 1 N–H and O–H groups in total. The Bertz CT molecular complexity index is 972. The van der Waals surface area contributed by atoms with Crippen molar-refractivity contribution >= 4 is 23.1 Å². The average Bonchev–Trinajstić information content (AvgIpc) is 3.28. The van der Waals surface area contributed by atoms with E-state index < -0.39 is 0 Å². The third-order valence-corrected chi connectivity index (χ3v) is 5.65. The van der Waals surface area contributed by atoms with Crippen molar-refractivity contribution in [3.63, 3.8) is 0 Å². The molecular weight excluding hydrogens is 362 g/mol. The zero-order chi connectivity index (χ0) is 18.2. The summed E-state index contributed by atoms with van der Waals surface area (Å²) in [6.07, 6.45) is 7.26. The van der Waals surface area contributed by atoms with Crippen molar-refractivity contribution in [2.24, 2.45) is 0 Å². The van der Waals surface area contributed by atoms with E-state index in [1.807, 2.05) is 36.7 Å². The van der Waals surface area contributed by atoms with Crippen molar-refractivity contribution in [3.05, 3.63) is 41.7 Å². The van der Waals surface area contributed by atoms with E-state index in [9.17, 15) is 0 Å². The van der Waals surface area contributed by atoms with Crippen LogP contribution in [0.1, 0.15) is 19.3 Å². The van der Waals surface area contributed by atoms with Gasteiger partial charge in [-0.05, 0) is 55.6 Å². The third kappa shape index (κ3) is 3.35. The lowest BCUT2D eigenvalue weighted by Gasteiger charge is -2.24. The number of ether oxygens (including phenoxy) is 1. The van der Waals surface area contributed by atoms with E-state index in [1.165, 1.54) is 12.8 Å². The van der Waals surface area contributed by atoms with Gasteiger partial charge in [0.2, 0.25) is 0 Å². The van der Waals surface area contributed by atoms with Crippen LogP contribution in [0.2, 0.25) is 5.02 Å². The number of rotatable bonds is 0. The number of benzene rings is 1. The lowest BCUT2D eigenvalue weighted by atomic mass is 10.1. The molecule has 1 atom stereocenters. The van der Waals surface area contributed by atoms with E-state index in [-0.39, 0.29) is 0 Å². The number of hydrogen-bond donors (Lipinski definition) is 1. The lowest BCUT2D eigenvalue weighted by molar-refractivity contribution is 0.226. The van der Waals surface area contributed by atoms with Crippen LogP contribution >= 0.6 is 11.6 Å². The van der Waals surface area contributed by atoms with Gasteiger partial charge in [-0.1, -0.05) is 11.6 Å². The Labute approximate surface area is 163 Å². The number of halogens is 1. The quantitative estimate of drug-likeness (QED) is 0.641. The molecular formula is C20H22ClN5O. The van der Waals surface area contributed by atoms with E-state index in [0.29, 0.717) is 17.7 Å². The molecule has 0 unspecified atom stereocenters. The molecule has 6 nitrogen and oxygen atoms in total. The fourth-order valence-electron chi connectivity index (χ4n) is 4.07. The van der Waals surface area contributed by atoms with Crippen LogP contribution in [0.5, 0.6) is 5.75 Å². The molecule has 0 aliphatic carbocycles. The molecule has 4 bridgehead atoms. The standard InChI is InChI=1S/C20H22ClN5O/c21-15-9-14-10-17(11-15)27-8-2-6-25-5-1-3-16(25)12-22-19-4-7-26-20(24-19)18(14)13-23-26/h4,7,9-11,13,16H,1-3,5-6,8,12H2,(H,22,24)/t16-/m1/s1. The number of nitrogens with one attached hydrogen (secondary N) is 1. The summed E-state index contributed by atoms with van der Waals surface area (Å²) >= 11 is 6.35. The highest BCUT2D eigenvalue weighted by Crippen LogP contribution is 2.31. The van der Waals surface area contributed by atoms with E-state index >= 15 is 0 Å². The molecule has 140 valence electrons. The minimum atomic E-state index is 0.549. The van der Waals surface area contributed by atoms with Gasteiger partial charge in [-0.3, -0.25) is 4.90 Å². The Morgan fingerprint density at radius 3 is 3.07 bits per heavy atom. The highest BCUT2D eigenvalue weighted by molar-refractivity contribution is 6.31. The Morgan fingerprint density at radius 1 is 1.19 bits per heavy atom. The number of aromatic nitrogens is 3. The molecule has 2 aliphatic heterocycles. The smallest absolute Gasteiger partial charge is 0.165 e. The van der Waals surface area contributed by atoms with Gasteiger partial charge in [-0.15, -0.1) is 0 Å². The minimum Gasteiger partial charge on any atom is -0.493 e. The van der Waals surface area contributed by atoms with Gasteiger partial charge in [0.05, 0.1) is 12.8 Å². The molecule has 0 saturated carbocycles. The molecule has 7 heteroatoms. The van der Waals surface area contributed by atoms with Crippen LogP contribution in [0.25, 0.3) is 16.8 Å². The van der Waals surface area contributed by atoms with Crippen LogP contribution in [-0.4, -0.2) is 51.8 Å². The monoisotopic (exact) mass is 383 g/mol. The molecule has 1 aromatic carbocycles. The molecule has 0 radical (unpaired) electrons. The van der Waals surface area contributed by atoms with Gasteiger partial charge in [-0.25, -0.2) is 9.50 Å². The summed E-state index contributed by atoms with van der Waals surface area (Å²) in [6, 6.07) is 8.35. The number of hydrogen-bond acceptors (Lipinski definition) is 5. The van der Waals surface area contributed by atoms with Crippen LogP contribution < -0.4 is 10.1 Å². The van der Waals surface area contributed by atoms with Gasteiger partial charge in [0.1, 0.15) is 11.6 Å². The zero-order valence-electron chi connectivity index (χ0n) is 15.1. The highest BCUT2D eigenvalue weighted by atomic mass is 35.5. The predicted molar refractivity (Wildman–Crippen MR) is 107 cm³/mol. The Morgan fingerprint density at radius 2 is 2.11 bits per heavy atom.